The van der Waals surface area contributed by atoms with Crippen molar-refractivity contribution in [3.8, 4) is 5.75 Å². The lowest BCUT2D eigenvalue weighted by molar-refractivity contribution is -0.142. The molecule has 0 N–H and O–H groups in total. The van der Waals surface area contributed by atoms with Crippen LogP contribution in [0.4, 0.5) is 0 Å². The van der Waals surface area contributed by atoms with Gasteiger partial charge in [0, 0.05) is 26.2 Å². The molecule has 10 nitrogen and oxygen atoms in total. The Labute approximate surface area is 164 Å². The first-order valence-corrected chi connectivity index (χ1v) is 8.77. The Morgan fingerprint density at radius 1 is 1.07 bits per heavy atom. The molecule has 1 aromatic carbocycles. The molecule has 0 aliphatic rings. The lowest BCUT2D eigenvalue weighted by Crippen LogP contribution is -2.37. The highest BCUT2D eigenvalue weighted by Crippen LogP contribution is 2.12. The molecule has 0 saturated carbocycles. The van der Waals surface area contributed by atoms with Gasteiger partial charge in [0.1, 0.15) is 5.75 Å². The zero-order valence-corrected chi connectivity index (χ0v) is 16.2. The third-order valence-corrected chi connectivity index (χ3v) is 4.55. The number of rotatable bonds is 7. The van der Waals surface area contributed by atoms with Gasteiger partial charge in [-0.3, -0.25) is 23.5 Å². The fraction of sp³-hybridized carbons (Fsp3) is 0.316. The molecular formula is C19H20N4O6. The molecule has 0 spiro atoms. The molecule has 0 radical (unpaired) electrons. The number of Topliss-reactive ketones (excluding diaryl/α,β-unsaturated/α-hetero) is 1. The molecule has 0 saturated heterocycles. The lowest BCUT2D eigenvalue weighted by atomic mass is 10.1. The molecule has 0 amide bonds. The number of carbonyl (C=O) groups is 2. The molecule has 0 fully saturated rings. The van der Waals surface area contributed by atoms with Crippen molar-refractivity contribution < 1.29 is 19.1 Å². The Morgan fingerprint density at radius 3 is 2.41 bits per heavy atom. The largest absolute Gasteiger partial charge is 0.497 e. The number of benzene rings is 1. The van der Waals surface area contributed by atoms with E-state index in [2.05, 4.69) is 4.98 Å². The van der Waals surface area contributed by atoms with Gasteiger partial charge in [0.2, 0.25) is 0 Å². The molecule has 0 unspecified atom stereocenters. The molecule has 29 heavy (non-hydrogen) atoms. The summed E-state index contributed by atoms with van der Waals surface area (Å²) in [5.41, 5.74) is -0.116. The summed E-state index contributed by atoms with van der Waals surface area (Å²) in [6.07, 6.45) is 1.33. The van der Waals surface area contributed by atoms with Gasteiger partial charge < -0.3 is 14.0 Å². The van der Waals surface area contributed by atoms with Crippen LogP contribution in [0.3, 0.4) is 0 Å². The Morgan fingerprint density at radius 2 is 1.76 bits per heavy atom. The van der Waals surface area contributed by atoms with Crippen LogP contribution in [-0.4, -0.2) is 44.2 Å². The highest BCUT2D eigenvalue weighted by molar-refractivity contribution is 5.98. The van der Waals surface area contributed by atoms with E-state index in [1.807, 2.05) is 0 Å². The number of esters is 1. The third-order valence-electron chi connectivity index (χ3n) is 4.55. The summed E-state index contributed by atoms with van der Waals surface area (Å²) in [6.45, 7) is -0.258. The molecule has 3 aromatic rings. The fourth-order valence-corrected chi connectivity index (χ4v) is 2.86. The first-order valence-electron chi connectivity index (χ1n) is 8.77. The maximum absolute atomic E-state index is 12.4. The monoisotopic (exact) mass is 400 g/mol. The minimum Gasteiger partial charge on any atom is -0.497 e. The van der Waals surface area contributed by atoms with Crippen LogP contribution >= 0.6 is 0 Å². The van der Waals surface area contributed by atoms with Gasteiger partial charge in [0.25, 0.3) is 5.56 Å². The zero-order chi connectivity index (χ0) is 21.1. The summed E-state index contributed by atoms with van der Waals surface area (Å²) in [4.78, 5) is 52.5. The average molecular weight is 400 g/mol. The topological polar surface area (TPSA) is 114 Å². The summed E-state index contributed by atoms with van der Waals surface area (Å²) < 4.78 is 13.8. The third kappa shape index (κ3) is 3.96. The molecule has 0 aliphatic carbocycles. The van der Waals surface area contributed by atoms with Crippen molar-refractivity contribution in [3.63, 3.8) is 0 Å². The number of ether oxygens (including phenoxy) is 2. The molecule has 0 atom stereocenters. The van der Waals surface area contributed by atoms with E-state index in [0.29, 0.717) is 11.3 Å². The van der Waals surface area contributed by atoms with E-state index < -0.39 is 17.2 Å². The second kappa shape index (κ2) is 8.13. The lowest BCUT2D eigenvalue weighted by Gasteiger charge is -2.07. The van der Waals surface area contributed by atoms with Crippen LogP contribution in [0.2, 0.25) is 0 Å². The number of methoxy groups -OCH3 is 1. The predicted molar refractivity (Wildman–Crippen MR) is 103 cm³/mol. The van der Waals surface area contributed by atoms with Gasteiger partial charge in [-0.1, -0.05) is 0 Å². The van der Waals surface area contributed by atoms with Crippen molar-refractivity contribution in [2.24, 2.45) is 14.1 Å². The number of carbonyl (C=O) groups excluding carboxylic acids is 2. The van der Waals surface area contributed by atoms with Gasteiger partial charge in [-0.05, 0) is 24.3 Å². The molecular weight excluding hydrogens is 380 g/mol. The smallest absolute Gasteiger partial charge is 0.332 e. The molecule has 3 rings (SSSR count). The normalized spacial score (nSPS) is 10.9. The van der Waals surface area contributed by atoms with Crippen LogP contribution in [0.15, 0.2) is 40.2 Å². The summed E-state index contributed by atoms with van der Waals surface area (Å²) in [6, 6.07) is 6.47. The maximum atomic E-state index is 12.4. The summed E-state index contributed by atoms with van der Waals surface area (Å²) in [5.74, 6) is -0.303. The number of ketones is 1. The minimum absolute atomic E-state index is 0.0622. The van der Waals surface area contributed by atoms with Crippen molar-refractivity contribution in [1.82, 2.24) is 18.7 Å². The van der Waals surface area contributed by atoms with Crippen molar-refractivity contribution in [2.75, 3.05) is 13.7 Å². The number of fused-ring (bicyclic) bond motifs is 1. The molecule has 2 aromatic heterocycles. The summed E-state index contributed by atoms with van der Waals surface area (Å²) in [5, 5.41) is 0. The summed E-state index contributed by atoms with van der Waals surface area (Å²) in [7, 11) is 4.42. The van der Waals surface area contributed by atoms with Crippen LogP contribution < -0.4 is 16.0 Å². The van der Waals surface area contributed by atoms with Crippen molar-refractivity contribution in [1.29, 1.82) is 0 Å². The average Bonchev–Trinajstić information content (AvgIpc) is 3.17. The van der Waals surface area contributed by atoms with E-state index in [4.69, 9.17) is 9.47 Å². The molecule has 0 bridgehead atoms. The second-order valence-electron chi connectivity index (χ2n) is 6.38. The molecule has 152 valence electrons. The molecule has 0 aliphatic heterocycles. The number of imidazole rings is 1. The number of aryl methyl sites for hydroxylation is 2. The molecule has 10 heteroatoms. The van der Waals surface area contributed by atoms with Gasteiger partial charge >= 0.3 is 11.7 Å². The van der Waals surface area contributed by atoms with E-state index in [9.17, 15) is 19.2 Å². The van der Waals surface area contributed by atoms with E-state index >= 15 is 0 Å². The van der Waals surface area contributed by atoms with Crippen LogP contribution in [0, 0.1) is 0 Å². The fourth-order valence-electron chi connectivity index (χ4n) is 2.86. The van der Waals surface area contributed by atoms with Gasteiger partial charge in [0.15, 0.2) is 23.6 Å². The van der Waals surface area contributed by atoms with E-state index in [0.717, 1.165) is 4.57 Å². The Kier molecular flexibility index (Phi) is 5.62. The van der Waals surface area contributed by atoms with E-state index in [1.54, 1.807) is 24.3 Å². The predicted octanol–water partition coefficient (Wildman–Crippen LogP) is 0.258. The van der Waals surface area contributed by atoms with E-state index in [-0.39, 0.29) is 36.5 Å². The number of aromatic nitrogens is 4. The van der Waals surface area contributed by atoms with Gasteiger partial charge in [-0.15, -0.1) is 0 Å². The van der Waals surface area contributed by atoms with Gasteiger partial charge in [0.05, 0.1) is 19.9 Å². The Balaban J connectivity index is 1.63. The number of hydrogen-bond acceptors (Lipinski definition) is 7. The SMILES string of the molecule is COc1ccc(C(=O)COC(=O)CCn2cnc3c2c(=O)n(C)c(=O)n3C)cc1. The minimum atomic E-state index is -0.588. The van der Waals surface area contributed by atoms with Crippen LogP contribution in [0.5, 0.6) is 5.75 Å². The van der Waals surface area contributed by atoms with Crippen LogP contribution in [0.1, 0.15) is 16.8 Å². The Hall–Kier alpha value is -3.69. The zero-order valence-electron chi connectivity index (χ0n) is 16.2. The maximum Gasteiger partial charge on any atom is 0.332 e. The number of nitrogens with zero attached hydrogens (tertiary/aromatic N) is 4. The van der Waals surface area contributed by atoms with Crippen LogP contribution in [-0.2, 0) is 30.2 Å². The highest BCUT2D eigenvalue weighted by Gasteiger charge is 2.16. The second-order valence-corrected chi connectivity index (χ2v) is 6.38. The quantitative estimate of drug-likeness (QED) is 0.413. The molecule has 2 heterocycles. The highest BCUT2D eigenvalue weighted by atomic mass is 16.5. The van der Waals surface area contributed by atoms with Crippen molar-refractivity contribution >= 4 is 22.9 Å². The van der Waals surface area contributed by atoms with Crippen molar-refractivity contribution in [2.45, 2.75) is 13.0 Å². The summed E-state index contributed by atoms with van der Waals surface area (Å²) >= 11 is 0. The van der Waals surface area contributed by atoms with Gasteiger partial charge in [-0.2, -0.15) is 0 Å². The van der Waals surface area contributed by atoms with E-state index in [1.165, 1.54) is 36.7 Å². The standard InChI is InChI=1S/C19H20N4O6/c1-21-17-16(18(26)22(2)19(21)27)23(11-20-17)9-8-15(25)29-10-14(24)12-4-6-13(28-3)7-5-12/h4-7,11H,8-10H2,1-3H3. The Bertz CT molecular complexity index is 1190. The first kappa shape index (κ1) is 20.1. The van der Waals surface area contributed by atoms with Crippen molar-refractivity contribution in [3.05, 3.63) is 57.0 Å². The first-order chi connectivity index (χ1) is 13.8. The van der Waals surface area contributed by atoms with Gasteiger partial charge in [-0.25, -0.2) is 9.78 Å². The van der Waals surface area contributed by atoms with Crippen LogP contribution in [0.25, 0.3) is 11.2 Å². The number of hydrogen-bond donors (Lipinski definition) is 0.